The van der Waals surface area contributed by atoms with Crippen LogP contribution < -0.4 is 9.64 Å². The monoisotopic (exact) mass is 475 g/mol. The number of carbonyl (C=O) groups is 2. The number of aromatic hydroxyl groups is 1. The molecule has 1 N–H and O–H groups in total. The lowest BCUT2D eigenvalue weighted by molar-refractivity contribution is -0.127. The molecular weight excluding hydrogens is 456 g/mol. The van der Waals surface area contributed by atoms with E-state index in [1.54, 1.807) is 25.1 Å². The molecule has 0 bridgehead atoms. The van der Waals surface area contributed by atoms with Gasteiger partial charge in [0, 0.05) is 5.92 Å². The smallest absolute Gasteiger partial charge is 0.241 e. The molecule has 2 aromatic rings. The van der Waals surface area contributed by atoms with E-state index >= 15 is 0 Å². The van der Waals surface area contributed by atoms with E-state index in [0.717, 1.165) is 16.5 Å². The molecule has 8 heteroatoms. The van der Waals surface area contributed by atoms with Crippen LogP contribution in [0.25, 0.3) is 0 Å². The summed E-state index contributed by atoms with van der Waals surface area (Å²) in [6.45, 7) is 5.61. The van der Waals surface area contributed by atoms with Crippen LogP contribution in [0.5, 0.6) is 11.5 Å². The normalized spacial score (nSPS) is 24.9. The first-order valence-electron chi connectivity index (χ1n) is 9.87. The molecule has 1 fully saturated rings. The highest BCUT2D eigenvalue weighted by molar-refractivity contribution is 6.32. The van der Waals surface area contributed by atoms with Crippen LogP contribution >= 0.6 is 23.2 Å². The highest BCUT2D eigenvalue weighted by Gasteiger charge is 2.62. The summed E-state index contributed by atoms with van der Waals surface area (Å²) in [5, 5.41) is 10.0. The zero-order valence-electron chi connectivity index (χ0n) is 17.4. The predicted molar refractivity (Wildman–Crippen MR) is 121 cm³/mol. The van der Waals surface area contributed by atoms with Crippen molar-refractivity contribution < 1.29 is 23.8 Å². The minimum absolute atomic E-state index is 0.0624. The van der Waals surface area contributed by atoms with Crippen LogP contribution in [0.15, 0.2) is 54.6 Å². The first-order chi connectivity index (χ1) is 15.1. The van der Waals surface area contributed by atoms with Gasteiger partial charge in [0.15, 0.2) is 11.5 Å². The molecule has 4 rings (SSSR count). The SMILES string of the molecule is C=CC1=CCC2C(=O)N(c3ccc(F)c(Cl)c3)C(=O)C2(C)C1c1cc(Cl)c(O)c(OC)c1. The zero-order valence-corrected chi connectivity index (χ0v) is 18.9. The second-order valence-electron chi connectivity index (χ2n) is 8.04. The van der Waals surface area contributed by atoms with Crippen molar-refractivity contribution in [3.05, 3.63) is 76.1 Å². The summed E-state index contributed by atoms with van der Waals surface area (Å²) in [7, 11) is 1.40. The molecule has 3 atom stereocenters. The molecule has 2 aromatic carbocycles. The fourth-order valence-corrected chi connectivity index (χ4v) is 5.21. The van der Waals surface area contributed by atoms with Crippen molar-refractivity contribution in [1.29, 1.82) is 0 Å². The third-order valence-electron chi connectivity index (χ3n) is 6.43. The summed E-state index contributed by atoms with van der Waals surface area (Å²) in [4.78, 5) is 28.3. The highest BCUT2D eigenvalue weighted by Crippen LogP contribution is 2.57. The average Bonchev–Trinajstić information content (AvgIpc) is 2.96. The van der Waals surface area contributed by atoms with Crippen molar-refractivity contribution in [1.82, 2.24) is 0 Å². The number of benzene rings is 2. The topological polar surface area (TPSA) is 66.8 Å². The Hall–Kier alpha value is -2.83. The number of hydrogen-bond acceptors (Lipinski definition) is 4. The van der Waals surface area contributed by atoms with Crippen LogP contribution in [0, 0.1) is 17.2 Å². The van der Waals surface area contributed by atoms with E-state index in [9.17, 15) is 19.1 Å². The average molecular weight is 476 g/mol. The van der Waals surface area contributed by atoms with E-state index in [4.69, 9.17) is 27.9 Å². The molecule has 0 radical (unpaired) electrons. The Morgan fingerprint density at radius 2 is 1.97 bits per heavy atom. The number of allylic oxidation sites excluding steroid dienone is 3. The fraction of sp³-hybridized carbons (Fsp3) is 0.250. The van der Waals surface area contributed by atoms with Crippen molar-refractivity contribution in [2.24, 2.45) is 11.3 Å². The molecule has 2 aliphatic rings. The fourth-order valence-electron chi connectivity index (χ4n) is 4.82. The van der Waals surface area contributed by atoms with E-state index in [2.05, 4.69) is 6.58 Å². The molecule has 1 saturated heterocycles. The lowest BCUT2D eigenvalue weighted by Crippen LogP contribution is -2.41. The molecule has 1 aliphatic heterocycles. The number of fused-ring (bicyclic) bond motifs is 1. The lowest BCUT2D eigenvalue weighted by Gasteiger charge is -2.40. The predicted octanol–water partition coefficient (Wildman–Crippen LogP) is 5.64. The number of halogens is 3. The first kappa shape index (κ1) is 22.4. The second-order valence-corrected chi connectivity index (χ2v) is 8.86. The number of amides is 2. The van der Waals surface area contributed by atoms with E-state index in [-0.39, 0.29) is 33.1 Å². The van der Waals surface area contributed by atoms with Crippen LogP contribution in [0.3, 0.4) is 0 Å². The number of carbonyl (C=O) groups excluding carboxylic acids is 2. The first-order valence-corrected chi connectivity index (χ1v) is 10.6. The number of phenolic OH excluding ortho intramolecular Hbond substituents is 1. The maximum Gasteiger partial charge on any atom is 0.241 e. The van der Waals surface area contributed by atoms with Gasteiger partial charge < -0.3 is 9.84 Å². The number of methoxy groups -OCH3 is 1. The summed E-state index contributed by atoms with van der Waals surface area (Å²) in [5.41, 5.74) is 0.389. The van der Waals surface area contributed by atoms with Crippen LogP contribution in [0.1, 0.15) is 24.8 Å². The molecular formula is C24H20Cl2FNO4. The maximum absolute atomic E-state index is 13.8. The van der Waals surface area contributed by atoms with Crippen LogP contribution in [0.4, 0.5) is 10.1 Å². The Morgan fingerprint density at radius 1 is 1.25 bits per heavy atom. The zero-order chi connectivity index (χ0) is 23.4. The number of imide groups is 1. The quantitative estimate of drug-likeness (QED) is 0.580. The highest BCUT2D eigenvalue weighted by atomic mass is 35.5. The van der Waals surface area contributed by atoms with Gasteiger partial charge in [-0.1, -0.05) is 41.9 Å². The minimum atomic E-state index is -1.18. The lowest BCUT2D eigenvalue weighted by atomic mass is 9.60. The molecule has 5 nitrogen and oxygen atoms in total. The number of hydrogen-bond donors (Lipinski definition) is 1. The van der Waals surface area contributed by atoms with Gasteiger partial charge in [-0.3, -0.25) is 9.59 Å². The van der Waals surface area contributed by atoms with Crippen molar-refractivity contribution in [2.75, 3.05) is 12.0 Å². The van der Waals surface area contributed by atoms with Gasteiger partial charge in [0.2, 0.25) is 11.8 Å². The number of rotatable bonds is 4. The third-order valence-corrected chi connectivity index (χ3v) is 7.01. The summed E-state index contributed by atoms with van der Waals surface area (Å²) < 4.78 is 18.9. The van der Waals surface area contributed by atoms with Crippen molar-refractivity contribution in [3.63, 3.8) is 0 Å². The number of ether oxygens (including phenoxy) is 1. The number of anilines is 1. The summed E-state index contributed by atoms with van der Waals surface area (Å²) in [6.07, 6.45) is 3.87. The molecule has 1 heterocycles. The number of nitrogens with zero attached hydrogens (tertiary/aromatic N) is 1. The van der Waals surface area contributed by atoms with Gasteiger partial charge in [-0.05, 0) is 54.8 Å². The van der Waals surface area contributed by atoms with E-state index in [1.807, 2.05) is 6.08 Å². The van der Waals surface area contributed by atoms with Gasteiger partial charge in [0.05, 0.1) is 34.2 Å². The molecule has 166 valence electrons. The standard InChI is InChI=1S/C24H20Cl2FNO4/c1-4-12-5-7-15-22(30)28(14-6-8-18(27)16(25)11-14)23(31)24(15,2)20(12)13-9-17(26)21(29)19(10-13)32-3/h4-6,8-11,15,20,29H,1,7H2,2-3H3. The van der Waals surface area contributed by atoms with Crippen molar-refractivity contribution >= 4 is 40.7 Å². The molecule has 0 aromatic heterocycles. The van der Waals surface area contributed by atoms with Crippen molar-refractivity contribution in [3.8, 4) is 11.5 Å². The Kier molecular flexibility index (Phi) is 5.55. The minimum Gasteiger partial charge on any atom is -0.503 e. The third kappa shape index (κ3) is 3.12. The van der Waals surface area contributed by atoms with Crippen molar-refractivity contribution in [2.45, 2.75) is 19.3 Å². The van der Waals surface area contributed by atoms with Gasteiger partial charge in [0.1, 0.15) is 5.82 Å². The molecule has 1 aliphatic carbocycles. The Morgan fingerprint density at radius 3 is 2.59 bits per heavy atom. The number of phenols is 1. The van der Waals surface area contributed by atoms with Gasteiger partial charge >= 0.3 is 0 Å². The maximum atomic E-state index is 13.8. The van der Waals surface area contributed by atoms with Crippen LogP contribution in [-0.2, 0) is 9.59 Å². The van der Waals surface area contributed by atoms with Crippen LogP contribution in [0.2, 0.25) is 10.0 Å². The Labute approximate surface area is 194 Å². The molecule has 0 saturated carbocycles. The molecule has 2 amide bonds. The summed E-state index contributed by atoms with van der Waals surface area (Å²) in [6, 6.07) is 6.91. The summed E-state index contributed by atoms with van der Waals surface area (Å²) >= 11 is 12.1. The molecule has 0 spiro atoms. The van der Waals surface area contributed by atoms with Gasteiger partial charge in [-0.15, -0.1) is 0 Å². The Bertz CT molecular complexity index is 1190. The van der Waals surface area contributed by atoms with Crippen LogP contribution in [-0.4, -0.2) is 24.0 Å². The van der Waals surface area contributed by atoms with Gasteiger partial charge in [0.25, 0.3) is 0 Å². The Balaban J connectivity index is 1.89. The molecule has 32 heavy (non-hydrogen) atoms. The second kappa shape index (κ2) is 7.94. The van der Waals surface area contributed by atoms with Gasteiger partial charge in [-0.2, -0.15) is 0 Å². The largest absolute Gasteiger partial charge is 0.503 e. The van der Waals surface area contributed by atoms with E-state index < -0.39 is 29.0 Å². The van der Waals surface area contributed by atoms with Gasteiger partial charge in [-0.25, -0.2) is 9.29 Å². The molecule has 3 unspecified atom stereocenters. The summed E-state index contributed by atoms with van der Waals surface area (Å²) in [5.74, 6) is -2.76. The van der Waals surface area contributed by atoms with E-state index in [1.165, 1.54) is 19.2 Å². The van der Waals surface area contributed by atoms with E-state index in [0.29, 0.717) is 12.0 Å².